The van der Waals surface area contributed by atoms with Crippen molar-refractivity contribution in [2.24, 2.45) is 5.92 Å². The van der Waals surface area contributed by atoms with Crippen LogP contribution in [0, 0.1) is 18.7 Å². The topological polar surface area (TPSA) is 86.8 Å². The number of carbonyl (C=O) groups excluding carboxylic acids is 2. The van der Waals surface area contributed by atoms with Gasteiger partial charge in [0.05, 0.1) is 10.6 Å². The van der Waals surface area contributed by atoms with E-state index in [4.69, 9.17) is 0 Å². The lowest BCUT2D eigenvalue weighted by Crippen LogP contribution is -2.52. The summed E-state index contributed by atoms with van der Waals surface area (Å²) in [6, 6.07) is 17.8. The van der Waals surface area contributed by atoms with Crippen molar-refractivity contribution < 1.29 is 22.4 Å². The molecule has 0 radical (unpaired) electrons. The van der Waals surface area contributed by atoms with E-state index in [0.717, 1.165) is 14.3 Å². The van der Waals surface area contributed by atoms with Crippen LogP contribution in [0.25, 0.3) is 0 Å². The number of aryl methyl sites for hydroxylation is 1. The van der Waals surface area contributed by atoms with Gasteiger partial charge in [0, 0.05) is 17.6 Å². The van der Waals surface area contributed by atoms with E-state index in [2.05, 4.69) is 21.2 Å². The summed E-state index contributed by atoms with van der Waals surface area (Å²) in [6.45, 7) is 7.48. The molecule has 3 rings (SSSR count). The number of nitrogens with one attached hydrogen (secondary N) is 1. The second-order valence-corrected chi connectivity index (χ2v) is 12.8. The van der Waals surface area contributed by atoms with Crippen LogP contribution in [-0.2, 0) is 26.2 Å². The number of amides is 2. The number of anilines is 1. The van der Waals surface area contributed by atoms with Gasteiger partial charge in [0.15, 0.2) is 0 Å². The normalized spacial score (nSPS) is 12.2. The summed E-state index contributed by atoms with van der Waals surface area (Å²) in [4.78, 5) is 28.6. The van der Waals surface area contributed by atoms with Crippen LogP contribution in [0.15, 0.2) is 82.2 Å². The molecule has 0 aliphatic rings. The maximum atomic E-state index is 14.0. The Morgan fingerprint density at radius 3 is 2.10 bits per heavy atom. The van der Waals surface area contributed by atoms with Crippen molar-refractivity contribution in [2.75, 3.05) is 17.4 Å². The first-order chi connectivity index (χ1) is 18.9. The van der Waals surface area contributed by atoms with Crippen LogP contribution < -0.4 is 9.62 Å². The molecule has 0 unspecified atom stereocenters. The largest absolute Gasteiger partial charge is 0.354 e. The number of benzene rings is 3. The molecule has 3 aromatic rings. The molecule has 10 heteroatoms. The molecule has 2 amide bonds. The van der Waals surface area contributed by atoms with Gasteiger partial charge in [0.1, 0.15) is 18.4 Å². The molecule has 214 valence electrons. The second-order valence-electron chi connectivity index (χ2n) is 10.0. The van der Waals surface area contributed by atoms with Crippen molar-refractivity contribution in [2.45, 2.75) is 51.6 Å². The fraction of sp³-hybridized carbons (Fsp3) is 0.333. The third-order valence-corrected chi connectivity index (χ3v) is 8.66. The van der Waals surface area contributed by atoms with E-state index < -0.39 is 34.3 Å². The highest BCUT2D eigenvalue weighted by Gasteiger charge is 2.33. The van der Waals surface area contributed by atoms with Gasteiger partial charge in [0.2, 0.25) is 11.8 Å². The van der Waals surface area contributed by atoms with Crippen LogP contribution in [0.5, 0.6) is 0 Å². The van der Waals surface area contributed by atoms with E-state index in [1.807, 2.05) is 20.8 Å². The first-order valence-electron chi connectivity index (χ1n) is 13.1. The summed E-state index contributed by atoms with van der Waals surface area (Å²) in [5, 5.41) is 2.89. The molecule has 1 N–H and O–H groups in total. The molecule has 0 aliphatic carbocycles. The summed E-state index contributed by atoms with van der Waals surface area (Å²) in [5.41, 5.74) is 1.81. The number of hydrogen-bond donors (Lipinski definition) is 1. The molecule has 0 aromatic heterocycles. The van der Waals surface area contributed by atoms with E-state index in [1.165, 1.54) is 29.2 Å². The number of hydrogen-bond acceptors (Lipinski definition) is 4. The van der Waals surface area contributed by atoms with Crippen LogP contribution in [0.1, 0.15) is 38.3 Å². The zero-order valence-corrected chi connectivity index (χ0v) is 25.5. The lowest BCUT2D eigenvalue weighted by molar-refractivity contribution is -0.140. The Kier molecular flexibility index (Phi) is 10.9. The summed E-state index contributed by atoms with van der Waals surface area (Å²) in [5.74, 6) is -1.11. The zero-order valence-electron chi connectivity index (χ0n) is 23.1. The molecular weight excluding hydrogens is 597 g/mol. The Balaban J connectivity index is 2.03. The van der Waals surface area contributed by atoms with Crippen LogP contribution in [0.4, 0.5) is 10.1 Å². The Bertz CT molecular complexity index is 1400. The molecule has 0 saturated carbocycles. The van der Waals surface area contributed by atoms with Gasteiger partial charge in [-0.3, -0.25) is 13.9 Å². The Morgan fingerprint density at radius 2 is 1.55 bits per heavy atom. The fourth-order valence-corrected chi connectivity index (χ4v) is 5.78. The van der Waals surface area contributed by atoms with Gasteiger partial charge in [-0.05, 0) is 73.4 Å². The van der Waals surface area contributed by atoms with Crippen molar-refractivity contribution >= 4 is 43.5 Å². The van der Waals surface area contributed by atoms with Crippen molar-refractivity contribution in [1.82, 2.24) is 10.2 Å². The molecule has 1 atom stereocenters. The Labute approximate surface area is 244 Å². The van der Waals surface area contributed by atoms with E-state index in [-0.39, 0.29) is 23.3 Å². The van der Waals surface area contributed by atoms with Crippen LogP contribution in [-0.4, -0.2) is 44.3 Å². The second kappa shape index (κ2) is 13.9. The molecule has 0 heterocycles. The van der Waals surface area contributed by atoms with Gasteiger partial charge in [-0.25, -0.2) is 12.8 Å². The molecule has 0 aliphatic heterocycles. The first-order valence-corrected chi connectivity index (χ1v) is 15.3. The molecule has 0 spiro atoms. The lowest BCUT2D eigenvalue weighted by Gasteiger charge is -2.33. The maximum Gasteiger partial charge on any atom is 0.264 e. The molecule has 3 aromatic carbocycles. The number of sulfonamides is 1. The average Bonchev–Trinajstić information content (AvgIpc) is 2.92. The average molecular weight is 633 g/mol. The van der Waals surface area contributed by atoms with E-state index in [1.54, 1.807) is 55.5 Å². The van der Waals surface area contributed by atoms with Crippen LogP contribution in [0.2, 0.25) is 0 Å². The molecule has 0 fully saturated rings. The Morgan fingerprint density at radius 1 is 0.950 bits per heavy atom. The molecule has 0 saturated heterocycles. The van der Waals surface area contributed by atoms with Crippen LogP contribution in [0.3, 0.4) is 0 Å². The maximum absolute atomic E-state index is 14.0. The highest BCUT2D eigenvalue weighted by molar-refractivity contribution is 9.10. The molecular formula is C30H35BrFN3O4S. The van der Waals surface area contributed by atoms with Crippen molar-refractivity contribution in [3.8, 4) is 0 Å². The van der Waals surface area contributed by atoms with Gasteiger partial charge in [-0.15, -0.1) is 0 Å². The van der Waals surface area contributed by atoms with Crippen molar-refractivity contribution in [1.29, 1.82) is 0 Å². The zero-order chi connectivity index (χ0) is 29.4. The minimum Gasteiger partial charge on any atom is -0.354 e. The third kappa shape index (κ3) is 8.14. The van der Waals surface area contributed by atoms with Gasteiger partial charge in [-0.2, -0.15) is 0 Å². The van der Waals surface area contributed by atoms with E-state index in [9.17, 15) is 22.4 Å². The summed E-state index contributed by atoms with van der Waals surface area (Å²) < 4.78 is 43.1. The van der Waals surface area contributed by atoms with Gasteiger partial charge >= 0.3 is 0 Å². The molecule has 0 bridgehead atoms. The van der Waals surface area contributed by atoms with Gasteiger partial charge < -0.3 is 10.2 Å². The van der Waals surface area contributed by atoms with Crippen molar-refractivity contribution in [3.05, 3.63) is 94.2 Å². The summed E-state index contributed by atoms with van der Waals surface area (Å²) in [7, 11) is -4.14. The standard InChI is InChI=1S/C30H35BrFN3O4S/c1-5-28(30(37)33-18-21(2)3)34(19-23-8-12-25(32)13-9-23)29(36)20-35(26-14-10-24(31)11-15-26)40(38,39)27-16-6-22(4)7-17-27/h6-17,21,28H,5,18-20H2,1-4H3,(H,33,37)/t28-/m1/s1. The lowest BCUT2D eigenvalue weighted by atomic mass is 10.1. The van der Waals surface area contributed by atoms with E-state index >= 15 is 0 Å². The highest BCUT2D eigenvalue weighted by Crippen LogP contribution is 2.26. The summed E-state index contributed by atoms with van der Waals surface area (Å²) in [6.07, 6.45) is 0.305. The van der Waals surface area contributed by atoms with Gasteiger partial charge in [0.25, 0.3) is 10.0 Å². The summed E-state index contributed by atoms with van der Waals surface area (Å²) >= 11 is 3.37. The minimum atomic E-state index is -4.14. The quantitative estimate of drug-likeness (QED) is 0.279. The highest BCUT2D eigenvalue weighted by atomic mass is 79.9. The van der Waals surface area contributed by atoms with Gasteiger partial charge in [-0.1, -0.05) is 66.5 Å². The Hall–Kier alpha value is -3.24. The van der Waals surface area contributed by atoms with Crippen molar-refractivity contribution in [3.63, 3.8) is 0 Å². The molecule has 7 nitrogen and oxygen atoms in total. The molecule has 40 heavy (non-hydrogen) atoms. The predicted molar refractivity (Wildman–Crippen MR) is 159 cm³/mol. The SMILES string of the molecule is CC[C@H](C(=O)NCC(C)C)N(Cc1ccc(F)cc1)C(=O)CN(c1ccc(Br)cc1)S(=O)(=O)c1ccc(C)cc1. The monoisotopic (exact) mass is 631 g/mol. The minimum absolute atomic E-state index is 0.00543. The van der Waals surface area contributed by atoms with E-state index in [0.29, 0.717) is 24.2 Å². The number of carbonyl (C=O) groups is 2. The number of rotatable bonds is 12. The smallest absolute Gasteiger partial charge is 0.264 e. The number of halogens is 2. The number of nitrogens with zero attached hydrogens (tertiary/aromatic N) is 2. The first kappa shape index (κ1) is 31.3. The predicted octanol–water partition coefficient (Wildman–Crippen LogP) is 5.67. The fourth-order valence-electron chi connectivity index (χ4n) is 4.10. The third-order valence-electron chi connectivity index (χ3n) is 6.34. The van der Waals surface area contributed by atoms with Crippen LogP contribution >= 0.6 is 15.9 Å².